The van der Waals surface area contributed by atoms with Gasteiger partial charge in [0.15, 0.2) is 0 Å². The molecular formula is C49H72N4O3. The lowest BCUT2D eigenvalue weighted by Crippen LogP contribution is -2.51. The fourth-order valence-electron chi connectivity index (χ4n) is 11.7. The maximum absolute atomic E-state index is 13.3. The molecule has 3 fully saturated rings. The van der Waals surface area contributed by atoms with Crippen molar-refractivity contribution in [3.8, 4) is 5.75 Å². The highest BCUT2D eigenvalue weighted by Gasteiger charge is 2.59. The van der Waals surface area contributed by atoms with Crippen molar-refractivity contribution >= 4 is 23.6 Å². The van der Waals surface area contributed by atoms with Crippen LogP contribution in [0.2, 0.25) is 0 Å². The summed E-state index contributed by atoms with van der Waals surface area (Å²) in [6, 6.07) is 14.9. The molecule has 8 unspecified atom stereocenters. The molecule has 3 saturated carbocycles. The summed E-state index contributed by atoms with van der Waals surface area (Å²) in [6.45, 7) is 18.4. The number of nitrogens with one attached hydrogen (secondary N) is 1. The number of allylic oxidation sites excluding steroid dienone is 1. The number of azo groups is 1. The van der Waals surface area contributed by atoms with Crippen molar-refractivity contribution in [2.75, 3.05) is 26.2 Å². The van der Waals surface area contributed by atoms with Gasteiger partial charge in [-0.1, -0.05) is 72.5 Å². The van der Waals surface area contributed by atoms with Crippen molar-refractivity contribution in [1.82, 2.24) is 4.90 Å². The van der Waals surface area contributed by atoms with E-state index in [1.54, 1.807) is 17.7 Å². The summed E-state index contributed by atoms with van der Waals surface area (Å²) in [7, 11) is 0. The number of nitrogens with zero attached hydrogens (tertiary/aromatic N) is 3. The number of unbranched alkanes of at least 4 members (excludes halogenated alkanes) is 1. The molecule has 0 aromatic heterocycles. The number of hydrogen-bond donors (Lipinski definition) is 1. The molecule has 6 rings (SSSR count). The Bertz CT molecular complexity index is 1640. The van der Waals surface area contributed by atoms with Gasteiger partial charge < -0.3 is 19.8 Å². The smallest absolute Gasteiger partial charge is 0.338 e. The zero-order valence-electron chi connectivity index (χ0n) is 35.6. The van der Waals surface area contributed by atoms with Gasteiger partial charge in [-0.05, 0) is 178 Å². The Labute approximate surface area is 339 Å². The van der Waals surface area contributed by atoms with Gasteiger partial charge in [-0.25, -0.2) is 4.79 Å². The Morgan fingerprint density at radius 2 is 1.62 bits per heavy atom. The maximum Gasteiger partial charge on any atom is 0.338 e. The molecular weight excluding hydrogens is 693 g/mol. The minimum atomic E-state index is -0.245. The van der Waals surface area contributed by atoms with Crippen LogP contribution in [0.4, 0.5) is 11.4 Å². The molecule has 4 aliphatic rings. The number of benzene rings is 2. The highest BCUT2D eigenvalue weighted by atomic mass is 16.5. The summed E-state index contributed by atoms with van der Waals surface area (Å²) in [4.78, 5) is 15.7. The molecule has 0 spiro atoms. The lowest BCUT2D eigenvalue weighted by molar-refractivity contribution is -0.0594. The lowest BCUT2D eigenvalue weighted by Gasteiger charge is -2.58. The zero-order chi connectivity index (χ0) is 39.7. The van der Waals surface area contributed by atoms with E-state index < -0.39 is 0 Å². The van der Waals surface area contributed by atoms with Crippen LogP contribution in [0, 0.1) is 51.7 Å². The van der Waals surface area contributed by atoms with E-state index in [9.17, 15) is 4.79 Å². The van der Waals surface area contributed by atoms with Crippen LogP contribution in [-0.4, -0.2) is 49.4 Å². The summed E-state index contributed by atoms with van der Waals surface area (Å²) < 4.78 is 12.1. The second-order valence-electron chi connectivity index (χ2n) is 18.8. The molecule has 4 aliphatic carbocycles. The van der Waals surface area contributed by atoms with Gasteiger partial charge in [0, 0.05) is 13.0 Å². The first-order valence-electron chi connectivity index (χ1n) is 22.4. The van der Waals surface area contributed by atoms with E-state index in [4.69, 9.17) is 14.9 Å². The van der Waals surface area contributed by atoms with Crippen LogP contribution in [0.25, 0.3) is 0 Å². The highest BCUT2D eigenvalue weighted by molar-refractivity contribution is 5.89. The first-order chi connectivity index (χ1) is 27.0. The van der Waals surface area contributed by atoms with Crippen molar-refractivity contribution in [3.63, 3.8) is 0 Å². The van der Waals surface area contributed by atoms with E-state index in [0.717, 1.165) is 105 Å². The predicted molar refractivity (Wildman–Crippen MR) is 230 cm³/mol. The summed E-state index contributed by atoms with van der Waals surface area (Å²) in [5, 5.41) is 16.0. The fraction of sp³-hybridized carbons (Fsp3) is 0.673. The molecule has 2 aromatic carbocycles. The Hall–Kier alpha value is -3.32. The Morgan fingerprint density at radius 3 is 2.32 bits per heavy atom. The summed E-state index contributed by atoms with van der Waals surface area (Å²) >= 11 is 0. The van der Waals surface area contributed by atoms with Crippen LogP contribution in [0.3, 0.4) is 0 Å². The average molecular weight is 765 g/mol. The second-order valence-corrected chi connectivity index (χ2v) is 18.8. The third kappa shape index (κ3) is 10.0. The van der Waals surface area contributed by atoms with Crippen molar-refractivity contribution in [2.24, 2.45) is 56.6 Å². The molecule has 0 saturated heterocycles. The minimum Gasteiger partial charge on any atom is -0.494 e. The van der Waals surface area contributed by atoms with Gasteiger partial charge in [-0.3, -0.25) is 0 Å². The minimum absolute atomic E-state index is 0.0594. The van der Waals surface area contributed by atoms with Crippen molar-refractivity contribution in [2.45, 2.75) is 138 Å². The van der Waals surface area contributed by atoms with Crippen molar-refractivity contribution < 1.29 is 14.3 Å². The largest absolute Gasteiger partial charge is 0.494 e. The first-order valence-corrected chi connectivity index (χ1v) is 22.4. The van der Waals surface area contributed by atoms with E-state index in [-0.39, 0.29) is 17.5 Å². The highest BCUT2D eigenvalue weighted by Crippen LogP contribution is 2.67. The van der Waals surface area contributed by atoms with Crippen LogP contribution < -0.4 is 4.74 Å². The number of carbonyl (C=O) groups is 1. The number of rotatable bonds is 19. The molecule has 1 N–H and O–H groups in total. The molecule has 0 radical (unpaired) electrons. The number of ether oxygens (including phenoxy) is 2. The van der Waals surface area contributed by atoms with Gasteiger partial charge in [0.2, 0.25) is 0 Å². The Balaban J connectivity index is 0.955. The molecule has 306 valence electrons. The molecule has 7 nitrogen and oxygen atoms in total. The molecule has 2 aromatic rings. The van der Waals surface area contributed by atoms with Crippen LogP contribution in [0.15, 0.2) is 70.4 Å². The van der Waals surface area contributed by atoms with Crippen LogP contribution in [0.1, 0.15) is 142 Å². The monoisotopic (exact) mass is 765 g/mol. The van der Waals surface area contributed by atoms with E-state index in [0.29, 0.717) is 23.3 Å². The van der Waals surface area contributed by atoms with E-state index in [2.05, 4.69) is 62.7 Å². The van der Waals surface area contributed by atoms with Gasteiger partial charge in [0.25, 0.3) is 0 Å². The molecule has 0 heterocycles. The SMILES string of the molecule is CCN(CCC=N)CCCCOc1ccc(N=Nc2ccc(C(=O)OC3CCC4(C)C(=CCC5C4CCC4(C)C(C(C)CCCC(C)C)CCC54)C3)cc2)cc1. The van der Waals surface area contributed by atoms with E-state index in [1.165, 1.54) is 57.6 Å². The molecule has 0 aliphatic heterocycles. The predicted octanol–water partition coefficient (Wildman–Crippen LogP) is 13.2. The van der Waals surface area contributed by atoms with Crippen LogP contribution in [-0.2, 0) is 4.74 Å². The summed E-state index contributed by atoms with van der Waals surface area (Å²) in [5.74, 6) is 5.56. The number of esters is 1. The third-order valence-corrected chi connectivity index (χ3v) is 14.9. The number of fused-ring (bicyclic) bond motifs is 5. The van der Waals surface area contributed by atoms with Gasteiger partial charge in [0.1, 0.15) is 11.9 Å². The average Bonchev–Trinajstić information content (AvgIpc) is 3.56. The quantitative estimate of drug-likeness (QED) is 0.0507. The van der Waals surface area contributed by atoms with Crippen LogP contribution in [0.5, 0.6) is 5.75 Å². The molecule has 56 heavy (non-hydrogen) atoms. The first kappa shape index (κ1) is 42.3. The lowest BCUT2D eigenvalue weighted by atomic mass is 9.47. The van der Waals surface area contributed by atoms with Crippen LogP contribution >= 0.6 is 0 Å². The van der Waals surface area contributed by atoms with Gasteiger partial charge in [-0.15, -0.1) is 0 Å². The maximum atomic E-state index is 13.3. The number of carbonyl (C=O) groups excluding carboxylic acids is 1. The Morgan fingerprint density at radius 1 is 0.893 bits per heavy atom. The summed E-state index contributed by atoms with van der Waals surface area (Å²) in [6.07, 6.45) is 20.8. The van der Waals surface area contributed by atoms with Gasteiger partial charge >= 0.3 is 5.97 Å². The number of hydrogen-bond acceptors (Lipinski definition) is 7. The summed E-state index contributed by atoms with van der Waals surface area (Å²) in [5.41, 5.74) is 4.31. The van der Waals surface area contributed by atoms with Gasteiger partial charge in [-0.2, -0.15) is 10.2 Å². The molecule has 0 bridgehead atoms. The van der Waals surface area contributed by atoms with Crippen molar-refractivity contribution in [1.29, 1.82) is 5.41 Å². The topological polar surface area (TPSA) is 87.3 Å². The fourth-order valence-corrected chi connectivity index (χ4v) is 11.7. The zero-order valence-corrected chi connectivity index (χ0v) is 35.6. The molecule has 8 atom stereocenters. The van der Waals surface area contributed by atoms with Crippen molar-refractivity contribution in [3.05, 3.63) is 65.7 Å². The van der Waals surface area contributed by atoms with E-state index >= 15 is 0 Å². The van der Waals surface area contributed by atoms with E-state index in [1.807, 2.05) is 36.4 Å². The third-order valence-electron chi connectivity index (χ3n) is 14.9. The normalized spacial score (nSPS) is 29.1. The molecule has 0 amide bonds. The second kappa shape index (κ2) is 19.4. The molecule has 7 heteroatoms. The Kier molecular flexibility index (Phi) is 14.7. The standard InChI is InChI=1S/C49H72N4O3/c1-7-53(32-11-30-50)31-8-9-33-55-41-21-19-40(20-22-41)52-51-39-17-14-37(15-18-39)47(54)56-42-26-28-48(5)38(34-42)16-23-43-45-25-24-44(36(4)13-10-12-35(2)3)49(45,6)29-27-46(43)48/h14-22,30,35-36,42-46,50H,7-13,23-29,31-34H2,1-6H3. The van der Waals surface area contributed by atoms with Gasteiger partial charge in [0.05, 0.1) is 23.5 Å².